The predicted octanol–water partition coefficient (Wildman–Crippen LogP) is 2.32. The molecule has 0 aliphatic carbocycles. The minimum atomic E-state index is -0.713. The van der Waals surface area contributed by atoms with Gasteiger partial charge in [0.15, 0.2) is 5.78 Å². The quantitative estimate of drug-likeness (QED) is 0.136. The van der Waals surface area contributed by atoms with E-state index in [1.807, 2.05) is 13.8 Å². The van der Waals surface area contributed by atoms with E-state index in [2.05, 4.69) is 10.6 Å². The Morgan fingerprint density at radius 3 is 1.97 bits per heavy atom. The lowest BCUT2D eigenvalue weighted by atomic mass is 9.96. The summed E-state index contributed by atoms with van der Waals surface area (Å²) in [5.74, 6) is 0.561. The molecule has 0 aromatic rings. The molecule has 0 aromatic carbocycles. The van der Waals surface area contributed by atoms with E-state index in [0.29, 0.717) is 31.7 Å². The van der Waals surface area contributed by atoms with Gasteiger partial charge in [0.1, 0.15) is 0 Å². The Hall–Kier alpha value is -1.45. The maximum absolute atomic E-state index is 11.9. The summed E-state index contributed by atoms with van der Waals surface area (Å²) in [4.78, 5) is 47.2. The standard InChI is InChI=1S/C24H46N4O4S/c1-19(2)23(26)24(32)20(29)12-6-3-9-16-28-22(31)18-33-17-11-4-7-13-21(30)27-15-10-5-8-14-25/h19,23H,3-18,25-26H2,1-2H3,(H,27,30)(H,28,31)/t23-/m0/s1. The molecule has 0 fully saturated rings. The maximum Gasteiger partial charge on any atom is 0.229 e. The molecule has 0 saturated carbocycles. The van der Waals surface area contributed by atoms with Crippen molar-refractivity contribution in [2.75, 3.05) is 31.1 Å². The molecule has 8 nitrogen and oxygen atoms in total. The minimum Gasteiger partial charge on any atom is -0.356 e. The first-order valence-corrected chi connectivity index (χ1v) is 13.6. The van der Waals surface area contributed by atoms with Crippen LogP contribution in [0.4, 0.5) is 0 Å². The predicted molar refractivity (Wildman–Crippen MR) is 136 cm³/mol. The van der Waals surface area contributed by atoms with Crippen molar-refractivity contribution in [1.29, 1.82) is 0 Å². The minimum absolute atomic E-state index is 0.0168. The molecule has 0 unspecified atom stereocenters. The van der Waals surface area contributed by atoms with Crippen LogP contribution in [0.1, 0.15) is 84.5 Å². The number of carbonyl (C=O) groups is 4. The number of nitrogens with one attached hydrogen (secondary N) is 2. The van der Waals surface area contributed by atoms with E-state index in [0.717, 1.165) is 63.7 Å². The zero-order valence-electron chi connectivity index (χ0n) is 20.7. The van der Waals surface area contributed by atoms with Gasteiger partial charge in [-0.05, 0) is 56.7 Å². The number of unbranched alkanes of at least 4 members (excludes halogenated alkanes) is 6. The molecule has 0 saturated heterocycles. The van der Waals surface area contributed by atoms with E-state index >= 15 is 0 Å². The summed E-state index contributed by atoms with van der Waals surface area (Å²) < 4.78 is 0. The number of carbonyl (C=O) groups excluding carboxylic acids is 4. The second-order valence-corrected chi connectivity index (χ2v) is 9.89. The van der Waals surface area contributed by atoms with Gasteiger partial charge in [-0.3, -0.25) is 19.2 Å². The lowest BCUT2D eigenvalue weighted by Gasteiger charge is -2.12. The van der Waals surface area contributed by atoms with Crippen molar-refractivity contribution in [2.24, 2.45) is 17.4 Å². The van der Waals surface area contributed by atoms with E-state index in [9.17, 15) is 19.2 Å². The topological polar surface area (TPSA) is 144 Å². The van der Waals surface area contributed by atoms with Crippen molar-refractivity contribution >= 4 is 35.1 Å². The first-order valence-electron chi connectivity index (χ1n) is 12.4. The van der Waals surface area contributed by atoms with Crippen molar-refractivity contribution in [2.45, 2.75) is 90.5 Å². The summed E-state index contributed by atoms with van der Waals surface area (Å²) >= 11 is 1.61. The molecular weight excluding hydrogens is 440 g/mol. The highest BCUT2D eigenvalue weighted by Crippen LogP contribution is 2.08. The molecule has 0 aliphatic rings. The van der Waals surface area contributed by atoms with E-state index < -0.39 is 17.6 Å². The first-order chi connectivity index (χ1) is 15.8. The largest absolute Gasteiger partial charge is 0.356 e. The van der Waals surface area contributed by atoms with Crippen molar-refractivity contribution < 1.29 is 19.2 Å². The Morgan fingerprint density at radius 2 is 1.33 bits per heavy atom. The zero-order valence-corrected chi connectivity index (χ0v) is 21.5. The molecule has 1 atom stereocenters. The monoisotopic (exact) mass is 486 g/mol. The van der Waals surface area contributed by atoms with Crippen LogP contribution in [0.25, 0.3) is 0 Å². The highest BCUT2D eigenvalue weighted by Gasteiger charge is 2.23. The highest BCUT2D eigenvalue weighted by atomic mass is 32.2. The molecule has 0 aromatic heterocycles. The second-order valence-electron chi connectivity index (χ2n) is 8.78. The smallest absolute Gasteiger partial charge is 0.229 e. The van der Waals surface area contributed by atoms with Crippen LogP contribution < -0.4 is 22.1 Å². The third-order valence-electron chi connectivity index (χ3n) is 5.33. The van der Waals surface area contributed by atoms with E-state index in [1.54, 1.807) is 11.8 Å². The van der Waals surface area contributed by atoms with Gasteiger partial charge in [0.25, 0.3) is 0 Å². The molecule has 6 N–H and O–H groups in total. The van der Waals surface area contributed by atoms with Gasteiger partial charge in [0.05, 0.1) is 11.8 Å². The highest BCUT2D eigenvalue weighted by molar-refractivity contribution is 7.99. The van der Waals surface area contributed by atoms with Crippen molar-refractivity contribution in [3.8, 4) is 0 Å². The van der Waals surface area contributed by atoms with Crippen LogP contribution in [-0.4, -0.2) is 60.6 Å². The Labute approximate surface area is 204 Å². The van der Waals surface area contributed by atoms with E-state index in [1.165, 1.54) is 0 Å². The number of thioether (sulfide) groups is 1. The van der Waals surface area contributed by atoms with Gasteiger partial charge < -0.3 is 22.1 Å². The first kappa shape index (κ1) is 31.6. The van der Waals surface area contributed by atoms with Crippen molar-refractivity contribution in [1.82, 2.24) is 10.6 Å². The van der Waals surface area contributed by atoms with Crippen LogP contribution in [0.2, 0.25) is 0 Å². The summed E-state index contributed by atoms with van der Waals surface area (Å²) in [6, 6.07) is -0.713. The zero-order chi connectivity index (χ0) is 24.9. The van der Waals surface area contributed by atoms with Crippen LogP contribution in [-0.2, 0) is 19.2 Å². The molecule has 2 amide bonds. The van der Waals surface area contributed by atoms with E-state index in [-0.39, 0.29) is 24.2 Å². The summed E-state index contributed by atoms with van der Waals surface area (Å²) in [6.45, 7) is 5.66. The molecule has 0 heterocycles. The third kappa shape index (κ3) is 18.6. The van der Waals surface area contributed by atoms with Crippen LogP contribution in [0.3, 0.4) is 0 Å². The van der Waals surface area contributed by atoms with Gasteiger partial charge >= 0.3 is 0 Å². The van der Waals surface area contributed by atoms with E-state index in [4.69, 9.17) is 11.5 Å². The SMILES string of the molecule is CC(C)[C@H](N)C(=O)C(=O)CCCCCNC(=O)CSCCCCCC(=O)NCCCCCN. The number of hydrogen-bond donors (Lipinski definition) is 4. The molecule has 0 bridgehead atoms. The van der Waals surface area contributed by atoms with Crippen LogP contribution in [0.15, 0.2) is 0 Å². The molecule has 192 valence electrons. The Balaban J connectivity index is 3.50. The molecule has 9 heteroatoms. The fraction of sp³-hybridized carbons (Fsp3) is 0.833. The number of nitrogens with two attached hydrogens (primary N) is 2. The molecule has 0 rings (SSSR count). The number of hydrogen-bond acceptors (Lipinski definition) is 7. The van der Waals surface area contributed by atoms with Crippen LogP contribution in [0.5, 0.6) is 0 Å². The Morgan fingerprint density at radius 1 is 0.758 bits per heavy atom. The normalized spacial score (nSPS) is 11.9. The summed E-state index contributed by atoms with van der Waals surface area (Å²) in [7, 11) is 0. The number of amides is 2. The summed E-state index contributed by atoms with van der Waals surface area (Å²) in [6.07, 6.45) is 8.87. The lowest BCUT2D eigenvalue weighted by Crippen LogP contribution is -2.40. The lowest BCUT2D eigenvalue weighted by molar-refractivity contribution is -0.137. The van der Waals surface area contributed by atoms with Gasteiger partial charge in [0.2, 0.25) is 17.6 Å². The summed E-state index contributed by atoms with van der Waals surface area (Å²) in [5.41, 5.74) is 11.2. The molecule has 33 heavy (non-hydrogen) atoms. The van der Waals surface area contributed by atoms with Crippen LogP contribution >= 0.6 is 11.8 Å². The Kier molecular flexibility index (Phi) is 20.2. The maximum atomic E-state index is 11.9. The summed E-state index contributed by atoms with van der Waals surface area (Å²) in [5, 5.41) is 5.82. The molecular formula is C24H46N4O4S. The Bertz CT molecular complexity index is 573. The molecule has 0 aliphatic heterocycles. The van der Waals surface area contributed by atoms with Crippen molar-refractivity contribution in [3.63, 3.8) is 0 Å². The number of rotatable bonds is 22. The van der Waals surface area contributed by atoms with Gasteiger partial charge in [0, 0.05) is 25.9 Å². The third-order valence-corrected chi connectivity index (χ3v) is 6.37. The van der Waals surface area contributed by atoms with Gasteiger partial charge in [-0.1, -0.05) is 33.1 Å². The average Bonchev–Trinajstić information content (AvgIpc) is 2.79. The van der Waals surface area contributed by atoms with Gasteiger partial charge in [-0.2, -0.15) is 11.8 Å². The molecule has 0 radical (unpaired) electrons. The van der Waals surface area contributed by atoms with Gasteiger partial charge in [-0.15, -0.1) is 0 Å². The molecule has 0 spiro atoms. The average molecular weight is 487 g/mol. The number of Topliss-reactive ketones (excluding diaryl/α,β-unsaturated/α-hetero) is 2. The fourth-order valence-corrected chi connectivity index (χ4v) is 3.91. The number of ketones is 2. The fourth-order valence-electron chi connectivity index (χ4n) is 3.07. The van der Waals surface area contributed by atoms with Crippen molar-refractivity contribution in [3.05, 3.63) is 0 Å². The van der Waals surface area contributed by atoms with Gasteiger partial charge in [-0.25, -0.2) is 0 Å². The van der Waals surface area contributed by atoms with Crippen LogP contribution in [0, 0.1) is 5.92 Å². The second kappa shape index (κ2) is 21.1.